The molecule has 1 amide bonds. The minimum Gasteiger partial charge on any atom is -0.349 e. The fourth-order valence-electron chi connectivity index (χ4n) is 2.73. The van der Waals surface area contributed by atoms with E-state index in [4.69, 9.17) is 0 Å². The van der Waals surface area contributed by atoms with Gasteiger partial charge in [0, 0.05) is 24.2 Å². The van der Waals surface area contributed by atoms with Crippen molar-refractivity contribution in [2.75, 3.05) is 13.1 Å². The first-order chi connectivity index (χ1) is 12.1. The Labute approximate surface area is 146 Å². The monoisotopic (exact) mass is 338 g/mol. The van der Waals surface area contributed by atoms with Crippen LogP contribution in [0.3, 0.4) is 0 Å². The summed E-state index contributed by atoms with van der Waals surface area (Å²) < 4.78 is 1.68. The third-order valence-electron chi connectivity index (χ3n) is 4.06. The van der Waals surface area contributed by atoms with Crippen molar-refractivity contribution in [2.45, 2.75) is 26.8 Å². The number of carbonyl (C=O) groups excluding carboxylic acids is 1. The van der Waals surface area contributed by atoms with Crippen LogP contribution in [0.5, 0.6) is 0 Å². The molecule has 7 nitrogen and oxygen atoms in total. The number of fused-ring (bicyclic) bond motifs is 1. The molecule has 0 spiro atoms. The molecule has 3 rings (SSSR count). The zero-order valence-corrected chi connectivity index (χ0v) is 14.7. The van der Waals surface area contributed by atoms with Crippen molar-refractivity contribution in [1.29, 1.82) is 0 Å². The topological polar surface area (TPSA) is 84.7 Å². The molecule has 7 heteroatoms. The number of likely N-dealkylation sites (N-methyl/N-ethyl adjacent to an activating group) is 1. The maximum absolute atomic E-state index is 12.4. The van der Waals surface area contributed by atoms with Gasteiger partial charge >= 0.3 is 0 Å². The number of pyridine rings is 1. The van der Waals surface area contributed by atoms with Crippen molar-refractivity contribution in [3.63, 3.8) is 0 Å². The van der Waals surface area contributed by atoms with Gasteiger partial charge in [0.05, 0.1) is 16.9 Å². The van der Waals surface area contributed by atoms with Gasteiger partial charge in [0.2, 0.25) is 0 Å². The van der Waals surface area contributed by atoms with Crippen LogP contribution in [0.25, 0.3) is 16.6 Å². The number of benzene rings is 1. The third kappa shape index (κ3) is 3.66. The maximum atomic E-state index is 12.4. The molecule has 0 unspecified atom stereocenters. The fraction of sp³-hybridized carbons (Fsp3) is 0.333. The normalized spacial score (nSPS) is 12.3. The number of hydrogen-bond acceptors (Lipinski definition) is 5. The second-order valence-electron chi connectivity index (χ2n) is 5.98. The number of carbonyl (C=O) groups is 1. The molecule has 0 saturated carbocycles. The summed E-state index contributed by atoms with van der Waals surface area (Å²) in [7, 11) is 0. The van der Waals surface area contributed by atoms with E-state index in [1.165, 1.54) is 0 Å². The second-order valence-corrected chi connectivity index (χ2v) is 5.98. The van der Waals surface area contributed by atoms with Crippen molar-refractivity contribution in [3.05, 3.63) is 47.9 Å². The molecule has 1 aromatic carbocycles. The predicted octanol–water partition coefficient (Wildman–Crippen LogP) is 1.85. The number of nitrogens with zero attached hydrogens (tertiary/aromatic N) is 4. The largest absolute Gasteiger partial charge is 0.349 e. The molecule has 2 N–H and O–H groups in total. The zero-order valence-electron chi connectivity index (χ0n) is 14.7. The van der Waals surface area contributed by atoms with E-state index < -0.39 is 0 Å². The van der Waals surface area contributed by atoms with E-state index in [0.29, 0.717) is 17.9 Å². The van der Waals surface area contributed by atoms with E-state index in [9.17, 15) is 4.79 Å². The molecular weight excluding hydrogens is 316 g/mol. The lowest BCUT2D eigenvalue weighted by atomic mass is 10.2. The van der Waals surface area contributed by atoms with Gasteiger partial charge in [0.25, 0.3) is 5.91 Å². The first-order valence-electron chi connectivity index (χ1n) is 8.39. The van der Waals surface area contributed by atoms with E-state index in [-0.39, 0.29) is 11.9 Å². The van der Waals surface area contributed by atoms with Gasteiger partial charge in [-0.1, -0.05) is 18.2 Å². The van der Waals surface area contributed by atoms with Crippen molar-refractivity contribution in [1.82, 2.24) is 30.6 Å². The van der Waals surface area contributed by atoms with Crippen molar-refractivity contribution in [3.8, 4) is 5.69 Å². The first-order valence-corrected chi connectivity index (χ1v) is 8.39. The molecule has 3 aromatic rings. The Hall–Kier alpha value is -2.80. The van der Waals surface area contributed by atoms with Crippen LogP contribution in [0.15, 0.2) is 36.5 Å². The lowest BCUT2D eigenvalue weighted by molar-refractivity contribution is 0.0944. The van der Waals surface area contributed by atoms with Gasteiger partial charge in [-0.25, -0.2) is 4.68 Å². The predicted molar refractivity (Wildman–Crippen MR) is 96.9 cm³/mol. The molecule has 0 bridgehead atoms. The van der Waals surface area contributed by atoms with Gasteiger partial charge in [-0.05, 0) is 44.7 Å². The van der Waals surface area contributed by atoms with E-state index in [2.05, 4.69) is 25.9 Å². The molecule has 130 valence electrons. The van der Waals surface area contributed by atoms with Crippen molar-refractivity contribution < 1.29 is 4.79 Å². The first kappa shape index (κ1) is 17.0. The molecule has 0 aliphatic heterocycles. The van der Waals surface area contributed by atoms with Crippen LogP contribution in [0, 0.1) is 6.92 Å². The SMILES string of the molecule is CCN[C@H](C)CNC(=O)c1nnn(-c2ccc3ncccc3c2)c1C. The van der Waals surface area contributed by atoms with Gasteiger partial charge in [-0.2, -0.15) is 0 Å². The van der Waals surface area contributed by atoms with Gasteiger partial charge < -0.3 is 10.6 Å². The Kier molecular flexibility index (Phi) is 5.04. The smallest absolute Gasteiger partial charge is 0.273 e. The molecule has 0 fully saturated rings. The summed E-state index contributed by atoms with van der Waals surface area (Å²) in [6.07, 6.45) is 1.76. The Morgan fingerprint density at radius 1 is 1.32 bits per heavy atom. The van der Waals surface area contributed by atoms with E-state index in [0.717, 1.165) is 23.1 Å². The zero-order chi connectivity index (χ0) is 17.8. The summed E-state index contributed by atoms with van der Waals surface area (Å²) in [5, 5.41) is 15.4. The second kappa shape index (κ2) is 7.40. The summed E-state index contributed by atoms with van der Waals surface area (Å²) in [5.74, 6) is -0.212. The Morgan fingerprint density at radius 3 is 2.96 bits per heavy atom. The molecular formula is C18H22N6O. The highest BCUT2D eigenvalue weighted by Crippen LogP contribution is 2.18. The number of rotatable bonds is 6. The molecule has 0 aliphatic carbocycles. The summed E-state index contributed by atoms with van der Waals surface area (Å²) >= 11 is 0. The fourth-order valence-corrected chi connectivity index (χ4v) is 2.73. The van der Waals surface area contributed by atoms with Crippen molar-refractivity contribution in [2.24, 2.45) is 0 Å². The van der Waals surface area contributed by atoms with Crippen LogP contribution in [0.4, 0.5) is 0 Å². The Morgan fingerprint density at radius 2 is 2.16 bits per heavy atom. The molecule has 2 aromatic heterocycles. The van der Waals surface area contributed by atoms with E-state index >= 15 is 0 Å². The average Bonchev–Trinajstić information content (AvgIpc) is 3.01. The quantitative estimate of drug-likeness (QED) is 0.716. The molecule has 0 radical (unpaired) electrons. The molecule has 25 heavy (non-hydrogen) atoms. The third-order valence-corrected chi connectivity index (χ3v) is 4.06. The van der Waals surface area contributed by atoms with Crippen LogP contribution in [-0.2, 0) is 0 Å². The standard InChI is InChI=1S/C18H22N6O/c1-4-19-12(2)11-21-18(25)17-13(3)24(23-22-17)15-7-8-16-14(10-15)6-5-9-20-16/h5-10,12,19H,4,11H2,1-3H3,(H,21,25)/t12-/m1/s1. The lowest BCUT2D eigenvalue weighted by Crippen LogP contribution is -2.39. The highest BCUT2D eigenvalue weighted by Gasteiger charge is 2.17. The minimum atomic E-state index is -0.212. The maximum Gasteiger partial charge on any atom is 0.273 e. The molecule has 1 atom stereocenters. The number of amides is 1. The minimum absolute atomic E-state index is 0.206. The van der Waals surface area contributed by atoms with Crippen molar-refractivity contribution >= 4 is 16.8 Å². The Bertz CT molecular complexity index is 888. The highest BCUT2D eigenvalue weighted by atomic mass is 16.2. The Balaban J connectivity index is 1.81. The number of hydrogen-bond donors (Lipinski definition) is 2. The summed E-state index contributed by atoms with van der Waals surface area (Å²) in [5.41, 5.74) is 2.82. The van der Waals surface area contributed by atoms with Gasteiger partial charge in [0.1, 0.15) is 0 Å². The van der Waals surface area contributed by atoms with Gasteiger partial charge in [-0.3, -0.25) is 9.78 Å². The molecule has 0 aliphatic rings. The molecule has 0 saturated heterocycles. The average molecular weight is 338 g/mol. The summed E-state index contributed by atoms with van der Waals surface area (Å²) in [6.45, 7) is 7.31. The van der Waals surface area contributed by atoms with Crippen LogP contribution in [-0.4, -0.2) is 45.0 Å². The van der Waals surface area contributed by atoms with E-state index in [1.807, 2.05) is 51.1 Å². The summed E-state index contributed by atoms with van der Waals surface area (Å²) in [4.78, 5) is 16.7. The van der Waals surface area contributed by atoms with E-state index in [1.54, 1.807) is 10.9 Å². The highest BCUT2D eigenvalue weighted by molar-refractivity contribution is 5.93. The van der Waals surface area contributed by atoms with Crippen LogP contribution in [0.1, 0.15) is 30.0 Å². The number of aromatic nitrogens is 4. The summed E-state index contributed by atoms with van der Waals surface area (Å²) in [6, 6.07) is 9.94. The molecule has 2 heterocycles. The van der Waals surface area contributed by atoms with Crippen LogP contribution >= 0.6 is 0 Å². The van der Waals surface area contributed by atoms with Gasteiger partial charge in [-0.15, -0.1) is 5.10 Å². The van der Waals surface area contributed by atoms with Crippen LogP contribution in [0.2, 0.25) is 0 Å². The van der Waals surface area contributed by atoms with Crippen LogP contribution < -0.4 is 10.6 Å². The number of nitrogens with one attached hydrogen (secondary N) is 2. The van der Waals surface area contributed by atoms with Gasteiger partial charge in [0.15, 0.2) is 5.69 Å². The lowest BCUT2D eigenvalue weighted by Gasteiger charge is -2.12.